The minimum atomic E-state index is 0.664. The van der Waals surface area contributed by atoms with Crippen molar-refractivity contribution in [1.29, 1.82) is 0 Å². The Labute approximate surface area is 118 Å². The quantitative estimate of drug-likeness (QED) is 0.802. The molecule has 0 spiro atoms. The van der Waals surface area contributed by atoms with Gasteiger partial charge in [-0.3, -0.25) is 0 Å². The minimum absolute atomic E-state index is 0.664. The van der Waals surface area contributed by atoms with E-state index in [0.29, 0.717) is 12.0 Å². The van der Waals surface area contributed by atoms with Crippen LogP contribution in [0.5, 0.6) is 0 Å². The molecule has 0 bridgehead atoms. The molecule has 0 aliphatic heterocycles. The highest BCUT2D eigenvalue weighted by Crippen LogP contribution is 2.29. The van der Waals surface area contributed by atoms with E-state index in [1.807, 2.05) is 0 Å². The molecule has 1 aromatic rings. The van der Waals surface area contributed by atoms with Crippen molar-refractivity contribution in [2.24, 2.45) is 11.8 Å². The second kappa shape index (κ2) is 6.40. The Morgan fingerprint density at radius 3 is 2.58 bits per heavy atom. The fourth-order valence-electron chi connectivity index (χ4n) is 3.26. The van der Waals surface area contributed by atoms with Crippen LogP contribution in [-0.2, 0) is 6.42 Å². The van der Waals surface area contributed by atoms with Crippen LogP contribution in [0.1, 0.15) is 52.0 Å². The van der Waals surface area contributed by atoms with Crippen LogP contribution in [0, 0.1) is 11.8 Å². The SMILES string of the molecule is CC(C)Cc1ccc(N(C)C2CCCCC2C)nc1. The van der Waals surface area contributed by atoms with Crippen molar-refractivity contribution >= 4 is 5.82 Å². The van der Waals surface area contributed by atoms with Gasteiger partial charge in [0.1, 0.15) is 5.82 Å². The van der Waals surface area contributed by atoms with E-state index in [2.05, 4.69) is 56.0 Å². The van der Waals surface area contributed by atoms with E-state index >= 15 is 0 Å². The van der Waals surface area contributed by atoms with Crippen molar-refractivity contribution in [3.63, 3.8) is 0 Å². The van der Waals surface area contributed by atoms with Crippen LogP contribution in [0.3, 0.4) is 0 Å². The molecule has 0 aromatic carbocycles. The second-order valence-corrected chi connectivity index (χ2v) is 6.56. The van der Waals surface area contributed by atoms with Gasteiger partial charge in [-0.25, -0.2) is 4.98 Å². The van der Waals surface area contributed by atoms with Gasteiger partial charge in [-0.1, -0.05) is 39.7 Å². The average Bonchev–Trinajstić information content (AvgIpc) is 2.39. The Morgan fingerprint density at radius 2 is 2.00 bits per heavy atom. The van der Waals surface area contributed by atoms with Crippen LogP contribution >= 0.6 is 0 Å². The van der Waals surface area contributed by atoms with Gasteiger partial charge in [0.2, 0.25) is 0 Å². The number of hydrogen-bond acceptors (Lipinski definition) is 2. The van der Waals surface area contributed by atoms with Crippen LogP contribution in [0.25, 0.3) is 0 Å². The first kappa shape index (κ1) is 14.4. The molecular formula is C17H28N2. The lowest BCUT2D eigenvalue weighted by molar-refractivity contribution is 0.320. The zero-order valence-electron chi connectivity index (χ0n) is 12.9. The van der Waals surface area contributed by atoms with Crippen molar-refractivity contribution in [3.8, 4) is 0 Å². The Morgan fingerprint density at radius 1 is 1.26 bits per heavy atom. The highest BCUT2D eigenvalue weighted by atomic mass is 15.2. The number of nitrogens with zero attached hydrogens (tertiary/aromatic N) is 2. The summed E-state index contributed by atoms with van der Waals surface area (Å²) >= 11 is 0. The molecule has 1 aliphatic rings. The van der Waals surface area contributed by atoms with Crippen molar-refractivity contribution in [2.75, 3.05) is 11.9 Å². The molecule has 2 nitrogen and oxygen atoms in total. The summed E-state index contributed by atoms with van der Waals surface area (Å²) in [5.74, 6) is 2.62. The average molecular weight is 260 g/mol. The van der Waals surface area contributed by atoms with Gasteiger partial charge in [-0.05, 0) is 42.7 Å². The van der Waals surface area contributed by atoms with E-state index in [9.17, 15) is 0 Å². The highest BCUT2D eigenvalue weighted by Gasteiger charge is 2.25. The standard InChI is InChI=1S/C17H28N2/c1-13(2)11-15-9-10-17(18-12-15)19(4)16-8-6-5-7-14(16)3/h9-10,12-14,16H,5-8,11H2,1-4H3. The van der Waals surface area contributed by atoms with Gasteiger partial charge in [0.15, 0.2) is 0 Å². The molecule has 1 aromatic heterocycles. The third-order valence-electron chi connectivity index (χ3n) is 4.38. The van der Waals surface area contributed by atoms with Crippen LogP contribution in [-0.4, -0.2) is 18.1 Å². The van der Waals surface area contributed by atoms with Gasteiger partial charge in [-0.15, -0.1) is 0 Å². The van der Waals surface area contributed by atoms with Gasteiger partial charge < -0.3 is 4.90 Å². The second-order valence-electron chi connectivity index (χ2n) is 6.56. The lowest BCUT2D eigenvalue weighted by Gasteiger charge is -2.37. The zero-order chi connectivity index (χ0) is 13.8. The predicted octanol–water partition coefficient (Wildman–Crippen LogP) is 4.30. The number of pyridine rings is 1. The van der Waals surface area contributed by atoms with Crippen molar-refractivity contribution in [3.05, 3.63) is 23.9 Å². The predicted molar refractivity (Wildman–Crippen MR) is 82.6 cm³/mol. The molecule has 2 rings (SSSR count). The summed E-state index contributed by atoms with van der Waals surface area (Å²) < 4.78 is 0. The number of rotatable bonds is 4. The maximum atomic E-state index is 4.67. The highest BCUT2D eigenvalue weighted by molar-refractivity contribution is 5.40. The number of aromatic nitrogens is 1. The summed E-state index contributed by atoms with van der Waals surface area (Å²) in [6.45, 7) is 6.89. The summed E-state index contributed by atoms with van der Waals surface area (Å²) in [4.78, 5) is 7.06. The van der Waals surface area contributed by atoms with Crippen LogP contribution in [0.15, 0.2) is 18.3 Å². The van der Waals surface area contributed by atoms with Gasteiger partial charge in [0.25, 0.3) is 0 Å². The van der Waals surface area contributed by atoms with Crippen LogP contribution in [0.4, 0.5) is 5.82 Å². The molecule has 0 saturated heterocycles. The normalized spacial score (nSPS) is 23.6. The van der Waals surface area contributed by atoms with Gasteiger partial charge in [0, 0.05) is 19.3 Å². The molecule has 1 fully saturated rings. The van der Waals surface area contributed by atoms with Crippen LogP contribution in [0.2, 0.25) is 0 Å². The molecule has 2 atom stereocenters. The third-order valence-corrected chi connectivity index (χ3v) is 4.38. The summed E-state index contributed by atoms with van der Waals surface area (Å²) in [6, 6.07) is 5.10. The van der Waals surface area contributed by atoms with E-state index in [0.717, 1.165) is 18.2 Å². The third kappa shape index (κ3) is 3.71. The lowest BCUT2D eigenvalue weighted by atomic mass is 9.85. The number of anilines is 1. The molecule has 19 heavy (non-hydrogen) atoms. The fourth-order valence-corrected chi connectivity index (χ4v) is 3.26. The molecule has 0 radical (unpaired) electrons. The van der Waals surface area contributed by atoms with Crippen molar-refractivity contribution < 1.29 is 0 Å². The van der Waals surface area contributed by atoms with Gasteiger partial charge in [0.05, 0.1) is 0 Å². The maximum Gasteiger partial charge on any atom is 0.128 e. The molecule has 0 amide bonds. The van der Waals surface area contributed by atoms with E-state index in [1.54, 1.807) is 0 Å². The Hall–Kier alpha value is -1.05. The first-order valence-corrected chi connectivity index (χ1v) is 7.75. The Kier molecular flexibility index (Phi) is 4.84. The minimum Gasteiger partial charge on any atom is -0.356 e. The molecule has 2 unspecified atom stereocenters. The first-order chi connectivity index (χ1) is 9.08. The topological polar surface area (TPSA) is 16.1 Å². The molecular weight excluding hydrogens is 232 g/mol. The van der Waals surface area contributed by atoms with Gasteiger partial charge in [-0.2, -0.15) is 0 Å². The lowest BCUT2D eigenvalue weighted by Crippen LogP contribution is -2.39. The monoisotopic (exact) mass is 260 g/mol. The maximum absolute atomic E-state index is 4.67. The zero-order valence-corrected chi connectivity index (χ0v) is 12.9. The van der Waals surface area contributed by atoms with E-state index in [4.69, 9.17) is 0 Å². The summed E-state index contributed by atoms with van der Waals surface area (Å²) in [6.07, 6.45) is 8.61. The van der Waals surface area contributed by atoms with Crippen LogP contribution < -0.4 is 4.90 Å². The molecule has 2 heteroatoms. The smallest absolute Gasteiger partial charge is 0.128 e. The van der Waals surface area contributed by atoms with E-state index in [1.165, 1.54) is 31.2 Å². The first-order valence-electron chi connectivity index (χ1n) is 7.75. The van der Waals surface area contributed by atoms with E-state index < -0.39 is 0 Å². The Bertz CT molecular complexity index is 383. The van der Waals surface area contributed by atoms with Crippen molar-refractivity contribution in [1.82, 2.24) is 4.98 Å². The molecule has 106 valence electrons. The fraction of sp³-hybridized carbons (Fsp3) is 0.706. The van der Waals surface area contributed by atoms with Crippen molar-refractivity contribution in [2.45, 2.75) is 58.9 Å². The molecule has 1 heterocycles. The van der Waals surface area contributed by atoms with Gasteiger partial charge >= 0.3 is 0 Å². The largest absolute Gasteiger partial charge is 0.356 e. The summed E-state index contributed by atoms with van der Waals surface area (Å²) in [5, 5.41) is 0. The Balaban J connectivity index is 2.04. The summed E-state index contributed by atoms with van der Waals surface area (Å²) in [7, 11) is 2.21. The summed E-state index contributed by atoms with van der Waals surface area (Å²) in [5.41, 5.74) is 1.35. The number of hydrogen-bond donors (Lipinski definition) is 0. The molecule has 0 N–H and O–H groups in total. The molecule has 1 aliphatic carbocycles. The molecule has 1 saturated carbocycles. The van der Waals surface area contributed by atoms with E-state index in [-0.39, 0.29) is 0 Å².